The molecule has 0 bridgehead atoms. The number of benzene rings is 1. The van der Waals surface area contributed by atoms with Crippen LogP contribution in [0.2, 0.25) is 0 Å². The molecule has 1 atom stereocenters. The molecule has 1 unspecified atom stereocenters. The van der Waals surface area contributed by atoms with Gasteiger partial charge in [-0.3, -0.25) is 4.21 Å². The molecule has 0 heterocycles. The predicted octanol–water partition coefficient (Wildman–Crippen LogP) is 1.90. The molecule has 1 rings (SSSR count). The molecule has 2 nitrogen and oxygen atoms in total. The highest BCUT2D eigenvalue weighted by Crippen LogP contribution is 2.11. The summed E-state index contributed by atoms with van der Waals surface area (Å²) in [6.07, 6.45) is 0.845. The third-order valence-corrected chi connectivity index (χ3v) is 3.58. The average molecular weight is 225 g/mol. The summed E-state index contributed by atoms with van der Waals surface area (Å²) >= 11 is 0. The van der Waals surface area contributed by atoms with Gasteiger partial charge in [-0.1, -0.05) is 29.3 Å². The van der Waals surface area contributed by atoms with Crippen molar-refractivity contribution in [2.75, 3.05) is 12.3 Å². The van der Waals surface area contributed by atoms with Crippen LogP contribution in [0.25, 0.3) is 0 Å². The van der Waals surface area contributed by atoms with E-state index < -0.39 is 10.8 Å². The maximum atomic E-state index is 11.6. The predicted molar refractivity (Wildman–Crippen MR) is 66.3 cm³/mol. The van der Waals surface area contributed by atoms with E-state index >= 15 is 0 Å². The van der Waals surface area contributed by atoms with Crippen LogP contribution in [0.15, 0.2) is 18.2 Å². The summed E-state index contributed by atoms with van der Waals surface area (Å²) in [5.74, 6) is 1.37. The summed E-state index contributed by atoms with van der Waals surface area (Å²) < 4.78 is 11.6. The van der Waals surface area contributed by atoms with Gasteiger partial charge in [-0.25, -0.2) is 0 Å². The highest BCUT2D eigenvalue weighted by molar-refractivity contribution is 7.84. The van der Waals surface area contributed by atoms with E-state index in [1.165, 1.54) is 16.7 Å². The number of hydrogen-bond acceptors (Lipinski definition) is 2. The molecule has 0 saturated carbocycles. The van der Waals surface area contributed by atoms with Gasteiger partial charge in [0.05, 0.1) is 0 Å². The molecule has 0 amide bonds. The molecular formula is C12H19NOS. The quantitative estimate of drug-likeness (QED) is 0.831. The maximum absolute atomic E-state index is 11.6. The normalized spacial score (nSPS) is 12.7. The van der Waals surface area contributed by atoms with Crippen LogP contribution in [-0.4, -0.2) is 16.5 Å². The largest absolute Gasteiger partial charge is 0.330 e. The van der Waals surface area contributed by atoms with Crippen LogP contribution in [0.4, 0.5) is 0 Å². The fourth-order valence-corrected chi connectivity index (χ4v) is 2.83. The minimum Gasteiger partial charge on any atom is -0.330 e. The van der Waals surface area contributed by atoms with Crippen molar-refractivity contribution >= 4 is 10.8 Å². The van der Waals surface area contributed by atoms with Gasteiger partial charge in [-0.2, -0.15) is 0 Å². The number of aryl methyl sites for hydroxylation is 2. The first-order valence-corrected chi connectivity index (χ1v) is 6.73. The van der Waals surface area contributed by atoms with Crippen LogP contribution >= 0.6 is 0 Å². The Balaban J connectivity index is 2.60. The minimum atomic E-state index is -0.767. The second kappa shape index (κ2) is 6.03. The Bertz CT molecular complexity index is 329. The molecular weight excluding hydrogens is 206 g/mol. The Labute approximate surface area is 94.3 Å². The molecule has 15 heavy (non-hydrogen) atoms. The van der Waals surface area contributed by atoms with Crippen LogP contribution in [0.3, 0.4) is 0 Å². The van der Waals surface area contributed by atoms with Gasteiger partial charge in [0.15, 0.2) is 0 Å². The summed E-state index contributed by atoms with van der Waals surface area (Å²) in [6, 6.07) is 6.34. The van der Waals surface area contributed by atoms with E-state index in [9.17, 15) is 4.21 Å². The van der Waals surface area contributed by atoms with Gasteiger partial charge in [0, 0.05) is 22.3 Å². The zero-order chi connectivity index (χ0) is 11.3. The molecule has 1 aromatic rings. The van der Waals surface area contributed by atoms with Gasteiger partial charge >= 0.3 is 0 Å². The first kappa shape index (κ1) is 12.4. The van der Waals surface area contributed by atoms with Gasteiger partial charge < -0.3 is 5.73 Å². The van der Waals surface area contributed by atoms with Gasteiger partial charge in [-0.05, 0) is 32.4 Å². The van der Waals surface area contributed by atoms with E-state index in [-0.39, 0.29) is 0 Å². The maximum Gasteiger partial charge on any atom is 0.0485 e. The minimum absolute atomic E-state index is 0.624. The van der Waals surface area contributed by atoms with E-state index in [4.69, 9.17) is 5.73 Å². The highest BCUT2D eigenvalue weighted by atomic mass is 32.2. The Kier molecular flexibility index (Phi) is 4.99. The molecule has 0 aliphatic rings. The van der Waals surface area contributed by atoms with Crippen molar-refractivity contribution in [1.82, 2.24) is 0 Å². The van der Waals surface area contributed by atoms with Crippen LogP contribution in [0, 0.1) is 13.8 Å². The second-order valence-corrected chi connectivity index (χ2v) is 5.50. The van der Waals surface area contributed by atoms with E-state index in [0.717, 1.165) is 6.42 Å². The average Bonchev–Trinajstić information content (AvgIpc) is 2.13. The number of rotatable bonds is 5. The molecule has 0 aromatic heterocycles. The third kappa shape index (κ3) is 4.58. The van der Waals surface area contributed by atoms with Crippen molar-refractivity contribution in [2.24, 2.45) is 5.73 Å². The number of hydrogen-bond donors (Lipinski definition) is 1. The SMILES string of the molecule is Cc1cc(C)cc(CS(=O)CCCN)c1. The monoisotopic (exact) mass is 225 g/mol. The van der Waals surface area contributed by atoms with Crippen molar-refractivity contribution in [3.63, 3.8) is 0 Å². The number of nitrogens with two attached hydrogens (primary N) is 1. The lowest BCUT2D eigenvalue weighted by molar-refractivity contribution is 0.680. The van der Waals surface area contributed by atoms with Gasteiger partial charge in [0.1, 0.15) is 0 Å². The van der Waals surface area contributed by atoms with Crippen molar-refractivity contribution in [2.45, 2.75) is 26.0 Å². The van der Waals surface area contributed by atoms with Gasteiger partial charge in [-0.15, -0.1) is 0 Å². The standard InChI is InChI=1S/C12H19NOS/c1-10-6-11(2)8-12(7-10)9-15(14)5-3-4-13/h6-8H,3-5,9,13H2,1-2H3. The van der Waals surface area contributed by atoms with Gasteiger partial charge in [0.25, 0.3) is 0 Å². The molecule has 1 aromatic carbocycles. The molecule has 2 N–H and O–H groups in total. The smallest absolute Gasteiger partial charge is 0.0485 e. The van der Waals surface area contributed by atoms with E-state index in [1.807, 2.05) is 0 Å². The first-order valence-electron chi connectivity index (χ1n) is 5.24. The third-order valence-electron chi connectivity index (χ3n) is 2.19. The highest BCUT2D eigenvalue weighted by Gasteiger charge is 2.02. The Hall–Kier alpha value is -0.670. The van der Waals surface area contributed by atoms with Crippen molar-refractivity contribution in [1.29, 1.82) is 0 Å². The summed E-state index contributed by atoms with van der Waals surface area (Å²) in [5.41, 5.74) is 9.03. The molecule has 0 fully saturated rings. The van der Waals surface area contributed by atoms with Gasteiger partial charge in [0.2, 0.25) is 0 Å². The summed E-state index contributed by atoms with van der Waals surface area (Å²) in [7, 11) is -0.767. The van der Waals surface area contributed by atoms with Crippen molar-refractivity contribution in [3.05, 3.63) is 34.9 Å². The molecule has 3 heteroatoms. The first-order chi connectivity index (χ1) is 7.11. The second-order valence-electron chi connectivity index (χ2n) is 3.93. The lowest BCUT2D eigenvalue weighted by atomic mass is 10.1. The molecule has 0 aliphatic carbocycles. The Morgan fingerprint density at radius 2 is 1.80 bits per heavy atom. The topological polar surface area (TPSA) is 43.1 Å². The lowest BCUT2D eigenvalue weighted by Gasteiger charge is -2.04. The van der Waals surface area contributed by atoms with Crippen molar-refractivity contribution < 1.29 is 4.21 Å². The molecule has 0 saturated heterocycles. The molecule has 0 spiro atoms. The summed E-state index contributed by atoms with van der Waals surface area (Å²) in [4.78, 5) is 0. The lowest BCUT2D eigenvalue weighted by Crippen LogP contribution is -2.07. The summed E-state index contributed by atoms with van der Waals surface area (Å²) in [5, 5.41) is 0. The van der Waals surface area contributed by atoms with Crippen molar-refractivity contribution in [3.8, 4) is 0 Å². The van der Waals surface area contributed by atoms with E-state index in [1.54, 1.807) is 0 Å². The van der Waals surface area contributed by atoms with Crippen LogP contribution in [0.1, 0.15) is 23.1 Å². The van der Waals surface area contributed by atoms with Crippen LogP contribution < -0.4 is 5.73 Å². The summed E-state index contributed by atoms with van der Waals surface area (Å²) in [6.45, 7) is 4.76. The van der Waals surface area contributed by atoms with Crippen LogP contribution in [0.5, 0.6) is 0 Å². The molecule has 0 radical (unpaired) electrons. The Morgan fingerprint density at radius 3 is 2.33 bits per heavy atom. The fourth-order valence-electron chi connectivity index (χ4n) is 1.65. The zero-order valence-electron chi connectivity index (χ0n) is 9.45. The van der Waals surface area contributed by atoms with E-state index in [2.05, 4.69) is 32.0 Å². The Morgan fingerprint density at radius 1 is 1.20 bits per heavy atom. The zero-order valence-corrected chi connectivity index (χ0v) is 10.3. The van der Waals surface area contributed by atoms with E-state index in [0.29, 0.717) is 18.1 Å². The van der Waals surface area contributed by atoms with Crippen LogP contribution in [-0.2, 0) is 16.6 Å². The molecule has 0 aliphatic heterocycles. The molecule has 84 valence electrons. The fraction of sp³-hybridized carbons (Fsp3) is 0.500.